The van der Waals surface area contributed by atoms with Gasteiger partial charge in [-0.25, -0.2) is 4.79 Å². The number of nitrogens with one attached hydrogen (secondary N) is 1. The molecule has 0 spiro atoms. The molecule has 1 aliphatic rings. The topological polar surface area (TPSA) is 115 Å². The molecular formula is C32H33N3O6. The Bertz CT molecular complexity index is 1490. The van der Waals surface area contributed by atoms with Crippen LogP contribution in [0.4, 0.5) is 5.82 Å². The molecule has 0 unspecified atom stereocenters. The molecule has 0 aliphatic carbocycles. The third-order valence-electron chi connectivity index (χ3n) is 7.65. The lowest BCUT2D eigenvalue weighted by molar-refractivity contribution is -0.0973. The van der Waals surface area contributed by atoms with Gasteiger partial charge in [0.25, 0.3) is 0 Å². The zero-order valence-electron chi connectivity index (χ0n) is 22.9. The van der Waals surface area contributed by atoms with E-state index in [0.29, 0.717) is 17.3 Å². The Morgan fingerprint density at radius 1 is 1.00 bits per heavy atom. The zero-order chi connectivity index (χ0) is 29.0. The van der Waals surface area contributed by atoms with Crippen LogP contribution >= 0.6 is 0 Å². The standard InChI is InChI=1S/C32H33N3O6/c1-4-31(21-36)27(37)20-29(41-31)35-19-18-28(33-30(35)38)34-32(22-8-6-5-7-9-22,23-10-14-25(39-2)15-11-23)24-12-16-26(40-3)17-13-24/h4-19,27,29,36-37H,1,20-21H2,2-3H3,(H,33,34,38)/t27-,29+,31+/m0/s1. The number of aliphatic hydroxyl groups is 2. The van der Waals surface area contributed by atoms with Crippen LogP contribution < -0.4 is 20.5 Å². The second-order valence-electron chi connectivity index (χ2n) is 9.84. The number of anilines is 1. The summed E-state index contributed by atoms with van der Waals surface area (Å²) in [5.41, 5.74) is -0.172. The van der Waals surface area contributed by atoms with Gasteiger partial charge in [0.2, 0.25) is 0 Å². The van der Waals surface area contributed by atoms with Crippen molar-refractivity contribution in [1.29, 1.82) is 0 Å². The van der Waals surface area contributed by atoms with Crippen molar-refractivity contribution in [2.45, 2.75) is 29.9 Å². The summed E-state index contributed by atoms with van der Waals surface area (Å²) in [7, 11) is 3.24. The minimum absolute atomic E-state index is 0.104. The van der Waals surface area contributed by atoms with E-state index in [1.165, 1.54) is 10.6 Å². The Morgan fingerprint density at radius 2 is 1.56 bits per heavy atom. The summed E-state index contributed by atoms with van der Waals surface area (Å²) in [6.07, 6.45) is 1.21. The highest BCUT2D eigenvalue weighted by Gasteiger charge is 2.46. The van der Waals surface area contributed by atoms with Crippen molar-refractivity contribution in [3.63, 3.8) is 0 Å². The molecule has 9 nitrogen and oxygen atoms in total. The Morgan fingerprint density at radius 3 is 2.02 bits per heavy atom. The molecule has 9 heteroatoms. The first-order valence-electron chi connectivity index (χ1n) is 13.2. The van der Waals surface area contributed by atoms with Crippen molar-refractivity contribution in [1.82, 2.24) is 9.55 Å². The summed E-state index contributed by atoms with van der Waals surface area (Å²) >= 11 is 0. The molecule has 1 aliphatic heterocycles. The maximum absolute atomic E-state index is 13.3. The van der Waals surface area contributed by atoms with Crippen LogP contribution in [0.2, 0.25) is 0 Å². The van der Waals surface area contributed by atoms with Gasteiger partial charge in [-0.3, -0.25) is 4.57 Å². The van der Waals surface area contributed by atoms with Crippen LogP contribution in [0, 0.1) is 0 Å². The van der Waals surface area contributed by atoms with E-state index in [0.717, 1.165) is 16.7 Å². The third-order valence-corrected chi connectivity index (χ3v) is 7.65. The maximum Gasteiger partial charge on any atom is 0.351 e. The van der Waals surface area contributed by atoms with Crippen molar-refractivity contribution in [3.05, 3.63) is 131 Å². The quantitative estimate of drug-likeness (QED) is 0.200. The SMILES string of the molecule is C=C[C@]1(CO)O[C@@H](n2ccc(NC(c3ccccc3)(c3ccc(OC)cc3)c3ccc(OC)cc3)nc2=O)C[C@@H]1O. The molecule has 212 valence electrons. The Balaban J connectivity index is 1.62. The molecule has 41 heavy (non-hydrogen) atoms. The number of rotatable bonds is 10. The van der Waals surface area contributed by atoms with Gasteiger partial charge < -0.3 is 29.7 Å². The van der Waals surface area contributed by atoms with Gasteiger partial charge in [0, 0.05) is 12.6 Å². The summed E-state index contributed by atoms with van der Waals surface area (Å²) in [5, 5.41) is 23.9. The molecule has 4 aromatic rings. The average molecular weight is 556 g/mol. The first kappa shape index (κ1) is 28.1. The van der Waals surface area contributed by atoms with Crippen LogP contribution in [0.5, 0.6) is 11.5 Å². The Kier molecular flexibility index (Phi) is 7.94. The molecule has 1 saturated heterocycles. The Hall–Kier alpha value is -4.44. The van der Waals surface area contributed by atoms with Gasteiger partial charge in [-0.2, -0.15) is 4.98 Å². The van der Waals surface area contributed by atoms with Gasteiger partial charge in [0.1, 0.15) is 34.7 Å². The van der Waals surface area contributed by atoms with Crippen molar-refractivity contribution in [2.24, 2.45) is 0 Å². The van der Waals surface area contributed by atoms with Crippen LogP contribution in [0.15, 0.2) is 109 Å². The molecule has 3 N–H and O–H groups in total. The predicted octanol–water partition coefficient (Wildman–Crippen LogP) is 3.86. The summed E-state index contributed by atoms with van der Waals surface area (Å²) in [6.45, 7) is 3.22. The molecule has 2 heterocycles. The third kappa shape index (κ3) is 5.11. The number of hydrogen-bond acceptors (Lipinski definition) is 8. The Labute approximate surface area is 238 Å². The number of ether oxygens (including phenoxy) is 3. The minimum atomic E-state index is -1.34. The molecule has 0 amide bonds. The minimum Gasteiger partial charge on any atom is -0.497 e. The molecule has 1 fully saturated rings. The van der Waals surface area contributed by atoms with Gasteiger partial charge >= 0.3 is 5.69 Å². The van der Waals surface area contributed by atoms with Crippen LogP contribution in [-0.2, 0) is 10.3 Å². The highest BCUT2D eigenvalue weighted by molar-refractivity contribution is 5.59. The van der Waals surface area contributed by atoms with Crippen LogP contribution in [-0.4, -0.2) is 52.3 Å². The number of aliphatic hydroxyl groups excluding tert-OH is 2. The van der Waals surface area contributed by atoms with Gasteiger partial charge in [-0.05, 0) is 47.0 Å². The summed E-state index contributed by atoms with van der Waals surface area (Å²) in [6, 6.07) is 27.0. The molecule has 3 atom stereocenters. The van der Waals surface area contributed by atoms with E-state index in [9.17, 15) is 15.0 Å². The van der Waals surface area contributed by atoms with Crippen molar-refractivity contribution in [2.75, 3.05) is 26.1 Å². The highest BCUT2D eigenvalue weighted by Crippen LogP contribution is 2.41. The summed E-state index contributed by atoms with van der Waals surface area (Å²) in [4.78, 5) is 17.7. The lowest BCUT2D eigenvalue weighted by atomic mass is 9.77. The maximum atomic E-state index is 13.3. The molecule has 1 aromatic heterocycles. The second kappa shape index (κ2) is 11.6. The molecule has 0 bridgehead atoms. The average Bonchev–Trinajstić information content (AvgIpc) is 3.36. The summed E-state index contributed by atoms with van der Waals surface area (Å²) < 4.78 is 18.0. The summed E-state index contributed by atoms with van der Waals surface area (Å²) in [5.74, 6) is 1.75. The van der Waals surface area contributed by atoms with E-state index < -0.39 is 35.8 Å². The number of benzene rings is 3. The van der Waals surface area contributed by atoms with E-state index >= 15 is 0 Å². The van der Waals surface area contributed by atoms with Gasteiger partial charge in [-0.1, -0.05) is 60.7 Å². The molecule has 5 rings (SSSR count). The second-order valence-corrected chi connectivity index (χ2v) is 9.84. The fourth-order valence-corrected chi connectivity index (χ4v) is 5.31. The smallest absolute Gasteiger partial charge is 0.351 e. The number of aromatic nitrogens is 2. The van der Waals surface area contributed by atoms with Crippen molar-refractivity contribution < 1.29 is 24.4 Å². The lowest BCUT2D eigenvalue weighted by Crippen LogP contribution is -2.41. The van der Waals surface area contributed by atoms with Crippen LogP contribution in [0.1, 0.15) is 29.3 Å². The monoisotopic (exact) mass is 555 g/mol. The van der Waals surface area contributed by atoms with E-state index in [4.69, 9.17) is 14.2 Å². The normalized spacial score (nSPS) is 20.4. The first-order chi connectivity index (χ1) is 19.9. The van der Waals surface area contributed by atoms with E-state index in [2.05, 4.69) is 16.9 Å². The molecule has 0 saturated carbocycles. The van der Waals surface area contributed by atoms with Gasteiger partial charge in [0.15, 0.2) is 0 Å². The van der Waals surface area contributed by atoms with E-state index in [1.807, 2.05) is 78.9 Å². The van der Waals surface area contributed by atoms with Gasteiger partial charge in [0.05, 0.1) is 26.9 Å². The van der Waals surface area contributed by atoms with E-state index in [1.54, 1.807) is 26.5 Å². The number of nitrogens with zero attached hydrogens (tertiary/aromatic N) is 2. The fourth-order valence-electron chi connectivity index (χ4n) is 5.31. The van der Waals surface area contributed by atoms with E-state index in [-0.39, 0.29) is 6.42 Å². The zero-order valence-corrected chi connectivity index (χ0v) is 22.9. The molecule has 3 aromatic carbocycles. The largest absolute Gasteiger partial charge is 0.497 e. The van der Waals surface area contributed by atoms with Crippen molar-refractivity contribution in [3.8, 4) is 11.5 Å². The molecule has 0 radical (unpaired) electrons. The van der Waals surface area contributed by atoms with Crippen LogP contribution in [0.3, 0.4) is 0 Å². The first-order valence-corrected chi connectivity index (χ1v) is 13.2. The van der Waals surface area contributed by atoms with Crippen LogP contribution in [0.25, 0.3) is 0 Å². The lowest BCUT2D eigenvalue weighted by Gasteiger charge is -2.37. The highest BCUT2D eigenvalue weighted by atomic mass is 16.6. The number of hydrogen-bond donors (Lipinski definition) is 3. The van der Waals surface area contributed by atoms with Gasteiger partial charge in [-0.15, -0.1) is 6.58 Å². The fraction of sp³-hybridized carbons (Fsp3) is 0.250. The molecular weight excluding hydrogens is 522 g/mol. The van der Waals surface area contributed by atoms with Crippen molar-refractivity contribution >= 4 is 5.82 Å². The number of methoxy groups -OCH3 is 2. The predicted molar refractivity (Wildman–Crippen MR) is 155 cm³/mol.